The van der Waals surface area contributed by atoms with E-state index in [1.807, 2.05) is 12.1 Å². The van der Waals surface area contributed by atoms with Gasteiger partial charge in [0.15, 0.2) is 5.58 Å². The molecule has 0 aliphatic carbocycles. The molecular weight excluding hydrogens is 376 g/mol. The number of aliphatic carboxylic acids is 1. The van der Waals surface area contributed by atoms with Crippen molar-refractivity contribution in [2.45, 2.75) is 5.22 Å². The fourth-order valence-corrected chi connectivity index (χ4v) is 3.35. The van der Waals surface area contributed by atoms with E-state index in [2.05, 4.69) is 11.1 Å². The van der Waals surface area contributed by atoms with Crippen molar-refractivity contribution < 1.29 is 18.7 Å². The van der Waals surface area contributed by atoms with E-state index in [9.17, 15) is 15.2 Å². The molecule has 1 N–H and O–H groups in total. The molecule has 0 spiro atoms. The third-order valence-electron chi connectivity index (χ3n) is 3.90. The largest absolute Gasteiger partial charge is 0.477 e. The van der Waals surface area contributed by atoms with Gasteiger partial charge in [-0.05, 0) is 48.2 Å². The summed E-state index contributed by atoms with van der Waals surface area (Å²) in [6.45, 7) is 0. The lowest BCUT2D eigenvalue weighted by molar-refractivity contribution is -0.131. The average molecular weight is 388 g/mol. The molecule has 28 heavy (non-hydrogen) atoms. The maximum atomic E-state index is 11.7. The van der Waals surface area contributed by atoms with Crippen molar-refractivity contribution in [3.05, 3.63) is 76.9 Å². The van der Waals surface area contributed by atoms with Crippen molar-refractivity contribution >= 4 is 34.9 Å². The number of carboxylic acid groups (broad SMARTS) is 1. The van der Waals surface area contributed by atoms with Crippen molar-refractivity contribution in [3.63, 3.8) is 0 Å². The summed E-state index contributed by atoms with van der Waals surface area (Å²) in [5.41, 5.74) is 2.37. The van der Waals surface area contributed by atoms with Crippen LogP contribution < -0.4 is 0 Å². The Morgan fingerprint density at radius 3 is 2.64 bits per heavy atom. The van der Waals surface area contributed by atoms with Gasteiger partial charge in [0.25, 0.3) is 5.22 Å². The summed E-state index contributed by atoms with van der Waals surface area (Å²) >= 11 is 0.902. The molecule has 0 bridgehead atoms. The van der Waals surface area contributed by atoms with Crippen molar-refractivity contribution in [1.29, 1.82) is 5.26 Å². The van der Waals surface area contributed by atoms with Crippen LogP contribution in [0, 0.1) is 11.3 Å². The van der Waals surface area contributed by atoms with E-state index >= 15 is 0 Å². The van der Waals surface area contributed by atoms with Gasteiger partial charge in [-0.3, -0.25) is 0 Å². The fourth-order valence-electron chi connectivity index (χ4n) is 2.62. The molecule has 6 nitrogen and oxygen atoms in total. The normalized spacial score (nSPS) is 11.5. The third-order valence-corrected chi connectivity index (χ3v) is 4.76. The Morgan fingerprint density at radius 1 is 1.07 bits per heavy atom. The van der Waals surface area contributed by atoms with Crippen molar-refractivity contribution in [3.8, 4) is 17.4 Å². The van der Waals surface area contributed by atoms with E-state index in [4.69, 9.17) is 8.83 Å². The number of carbonyl (C=O) groups is 1. The van der Waals surface area contributed by atoms with Crippen molar-refractivity contribution in [2.75, 3.05) is 0 Å². The highest BCUT2D eigenvalue weighted by Gasteiger charge is 2.16. The predicted molar refractivity (Wildman–Crippen MR) is 104 cm³/mol. The lowest BCUT2D eigenvalue weighted by Crippen LogP contribution is -1.96. The smallest absolute Gasteiger partial charge is 0.342 e. The predicted octanol–water partition coefficient (Wildman–Crippen LogP) is 5.18. The van der Waals surface area contributed by atoms with E-state index < -0.39 is 5.97 Å². The van der Waals surface area contributed by atoms with E-state index in [0.29, 0.717) is 33.7 Å². The van der Waals surface area contributed by atoms with Crippen LogP contribution in [0.25, 0.3) is 28.5 Å². The Balaban J connectivity index is 1.64. The van der Waals surface area contributed by atoms with Crippen LogP contribution in [0.3, 0.4) is 0 Å². The number of thioether (sulfide) groups is 1. The summed E-state index contributed by atoms with van der Waals surface area (Å²) in [5.74, 6) is -0.286. The second-order valence-corrected chi connectivity index (χ2v) is 6.72. The van der Waals surface area contributed by atoms with Crippen LogP contribution in [-0.4, -0.2) is 16.1 Å². The molecule has 4 aromatic rings. The molecular formula is C21H12N2O4S. The molecule has 7 heteroatoms. The van der Waals surface area contributed by atoms with E-state index in [-0.39, 0.29) is 10.1 Å². The molecule has 0 saturated carbocycles. The van der Waals surface area contributed by atoms with Gasteiger partial charge in [0.1, 0.15) is 21.9 Å². The van der Waals surface area contributed by atoms with Crippen LogP contribution >= 0.6 is 11.8 Å². The topological polar surface area (TPSA) is 100 Å². The van der Waals surface area contributed by atoms with Gasteiger partial charge in [-0.15, -0.1) is 0 Å². The first-order valence-corrected chi connectivity index (χ1v) is 9.03. The van der Waals surface area contributed by atoms with Gasteiger partial charge in [0.2, 0.25) is 0 Å². The number of oxazole rings is 1. The molecule has 0 aliphatic rings. The monoisotopic (exact) mass is 388 g/mol. The Hall–Kier alpha value is -3.76. The number of aromatic nitrogens is 1. The number of hydrogen-bond donors (Lipinski definition) is 1. The van der Waals surface area contributed by atoms with Gasteiger partial charge < -0.3 is 13.9 Å². The number of nitriles is 1. The molecule has 0 radical (unpaired) electrons. The molecule has 136 valence electrons. The Bertz CT molecular complexity index is 1210. The van der Waals surface area contributed by atoms with Crippen LogP contribution in [0.2, 0.25) is 0 Å². The highest BCUT2D eigenvalue weighted by Crippen LogP contribution is 2.32. The first-order valence-electron chi connectivity index (χ1n) is 8.22. The van der Waals surface area contributed by atoms with Gasteiger partial charge in [-0.1, -0.05) is 24.3 Å². The number of fused-ring (bicyclic) bond motifs is 1. The number of nitrogens with zero attached hydrogens (tertiary/aromatic N) is 2. The second kappa shape index (κ2) is 7.47. The molecule has 2 heterocycles. The van der Waals surface area contributed by atoms with Crippen LogP contribution in [0.4, 0.5) is 0 Å². The molecule has 0 aliphatic heterocycles. The standard InChI is InChI=1S/C21H12N2O4S/c22-12-13-5-1-2-6-15(13)17-10-9-14(26-17)11-19(20(24)25)28-21-23-16-7-3-4-8-18(16)27-21/h1-11H,(H,24,25)/b19-11+. The second-order valence-electron chi connectivity index (χ2n) is 5.72. The van der Waals surface area contributed by atoms with Gasteiger partial charge in [-0.25, -0.2) is 9.78 Å². The van der Waals surface area contributed by atoms with Crippen LogP contribution in [0.1, 0.15) is 11.3 Å². The zero-order valence-electron chi connectivity index (χ0n) is 14.3. The van der Waals surface area contributed by atoms with Crippen molar-refractivity contribution in [2.24, 2.45) is 0 Å². The van der Waals surface area contributed by atoms with E-state index in [1.165, 1.54) is 6.08 Å². The van der Waals surface area contributed by atoms with Gasteiger partial charge in [0, 0.05) is 11.6 Å². The fraction of sp³-hybridized carbons (Fsp3) is 0. The summed E-state index contributed by atoms with van der Waals surface area (Å²) in [7, 11) is 0. The van der Waals surface area contributed by atoms with Gasteiger partial charge in [0.05, 0.1) is 11.6 Å². The minimum Gasteiger partial charge on any atom is -0.477 e. The summed E-state index contributed by atoms with van der Waals surface area (Å²) in [5, 5.41) is 19.0. The lowest BCUT2D eigenvalue weighted by Gasteiger charge is -2.00. The SMILES string of the molecule is N#Cc1ccccc1-c1ccc(/C=C(/Sc2nc3ccccc3o2)C(=O)O)o1. The van der Waals surface area contributed by atoms with Crippen LogP contribution in [0.15, 0.2) is 79.6 Å². The quantitative estimate of drug-likeness (QED) is 0.371. The van der Waals surface area contributed by atoms with Gasteiger partial charge in [-0.2, -0.15) is 5.26 Å². The minimum atomic E-state index is -1.12. The highest BCUT2D eigenvalue weighted by molar-refractivity contribution is 8.03. The Labute approximate surface area is 163 Å². The molecule has 0 amide bonds. The molecule has 0 saturated heterocycles. The van der Waals surface area contributed by atoms with Crippen LogP contribution in [-0.2, 0) is 4.79 Å². The third kappa shape index (κ3) is 3.54. The first kappa shape index (κ1) is 17.6. The number of furan rings is 1. The van der Waals surface area contributed by atoms with E-state index in [0.717, 1.165) is 11.8 Å². The number of carboxylic acids is 1. The summed E-state index contributed by atoms with van der Waals surface area (Å²) < 4.78 is 11.3. The van der Waals surface area contributed by atoms with Crippen LogP contribution in [0.5, 0.6) is 0 Å². The number of hydrogen-bond acceptors (Lipinski definition) is 6. The van der Waals surface area contributed by atoms with Crippen molar-refractivity contribution in [1.82, 2.24) is 4.98 Å². The highest BCUT2D eigenvalue weighted by atomic mass is 32.2. The van der Waals surface area contributed by atoms with Gasteiger partial charge >= 0.3 is 5.97 Å². The molecule has 2 aromatic carbocycles. The molecule has 0 unspecified atom stereocenters. The molecule has 0 atom stereocenters. The molecule has 4 rings (SSSR count). The maximum absolute atomic E-state index is 11.7. The zero-order valence-corrected chi connectivity index (χ0v) is 15.1. The Morgan fingerprint density at radius 2 is 1.86 bits per heavy atom. The number of benzene rings is 2. The number of para-hydroxylation sites is 2. The molecule has 2 aromatic heterocycles. The zero-order chi connectivity index (χ0) is 19.5. The average Bonchev–Trinajstić information content (AvgIpc) is 3.33. The minimum absolute atomic E-state index is 0.000949. The Kier molecular flexibility index (Phi) is 4.70. The molecule has 0 fully saturated rings. The number of rotatable bonds is 5. The lowest BCUT2D eigenvalue weighted by atomic mass is 10.1. The summed E-state index contributed by atoms with van der Waals surface area (Å²) in [6.07, 6.45) is 1.40. The summed E-state index contributed by atoms with van der Waals surface area (Å²) in [4.78, 5) is 15.9. The first-order chi connectivity index (χ1) is 13.6. The van der Waals surface area contributed by atoms with E-state index in [1.54, 1.807) is 48.5 Å². The maximum Gasteiger partial charge on any atom is 0.342 e. The summed E-state index contributed by atoms with van der Waals surface area (Å²) in [6, 6.07) is 19.7.